The van der Waals surface area contributed by atoms with Gasteiger partial charge in [0, 0.05) is 6.26 Å². The van der Waals surface area contributed by atoms with Crippen molar-refractivity contribution in [3.8, 4) is 0 Å². The van der Waals surface area contributed by atoms with Crippen LogP contribution < -0.4 is 18.0 Å². The number of alkyl halides is 1. The smallest absolute Gasteiger partial charge is 0.0916 e. The Bertz CT molecular complexity index is 704. The van der Waals surface area contributed by atoms with E-state index in [4.69, 9.17) is 13.0 Å². The molecule has 1 aromatic carbocycles. The minimum Gasteiger partial charge on any atom is -0.748 e. The summed E-state index contributed by atoms with van der Waals surface area (Å²) in [6, 6.07) is 0.157. The Kier molecular flexibility index (Phi) is 5.86. The monoisotopic (exact) mass is 486 g/mol. The molecular formula is C11H14F7IO3S. The number of hydrogen-bond acceptors (Lipinski definition) is 3. The molecule has 1 rings (SSSR count). The van der Waals surface area contributed by atoms with E-state index in [1.54, 1.807) is 0 Å². The van der Waals surface area contributed by atoms with Crippen molar-refractivity contribution >= 4 is 10.1 Å². The van der Waals surface area contributed by atoms with Crippen molar-refractivity contribution in [1.29, 1.82) is 0 Å². The van der Waals surface area contributed by atoms with Crippen LogP contribution in [0.25, 0.3) is 0 Å². The molecule has 0 saturated carbocycles. The number of benzene rings is 1. The van der Waals surface area contributed by atoms with Gasteiger partial charge in [0.2, 0.25) is 0 Å². The molecule has 0 saturated heterocycles. The Morgan fingerprint density at radius 3 is 1.83 bits per heavy atom. The molecule has 0 aliphatic carbocycles. The van der Waals surface area contributed by atoms with Crippen molar-refractivity contribution in [2.24, 2.45) is 0 Å². The maximum Gasteiger partial charge on any atom is 0.0916 e. The zero-order valence-electron chi connectivity index (χ0n) is 12.1. The molecule has 0 atom stereocenters. The van der Waals surface area contributed by atoms with Crippen molar-refractivity contribution in [2.75, 3.05) is 10.7 Å². The van der Waals surface area contributed by atoms with Gasteiger partial charge in [-0.15, -0.1) is 0 Å². The summed E-state index contributed by atoms with van der Waals surface area (Å²) in [7, 11) is -3.92. The predicted molar refractivity (Wildman–Crippen MR) is 65.0 cm³/mol. The van der Waals surface area contributed by atoms with E-state index in [-0.39, 0.29) is 6.07 Å². The summed E-state index contributed by atoms with van der Waals surface area (Å²) >= 11 is -9.98. The number of halogens is 8. The Morgan fingerprint density at radius 1 is 1.09 bits per heavy atom. The fourth-order valence-corrected chi connectivity index (χ4v) is 6.85. The minimum atomic E-state index is -9.98. The molecule has 1 aromatic rings. The van der Waals surface area contributed by atoms with Gasteiger partial charge in [-0.05, 0) is 0 Å². The summed E-state index contributed by atoms with van der Waals surface area (Å²) in [5, 5.41) is 0. The summed E-state index contributed by atoms with van der Waals surface area (Å²) in [5.41, 5.74) is -0.644. The second-order valence-corrected chi connectivity index (χ2v) is 14.8. The molecule has 0 N–H and O–H groups in total. The maximum absolute atomic E-state index is 13.6. The van der Waals surface area contributed by atoms with Crippen LogP contribution in [0.3, 0.4) is 0 Å². The van der Waals surface area contributed by atoms with Crippen LogP contribution >= 0.6 is 0 Å². The van der Waals surface area contributed by atoms with Gasteiger partial charge in [-0.3, -0.25) is 0 Å². The molecule has 12 heteroatoms. The molecule has 3 nitrogen and oxygen atoms in total. The zero-order valence-corrected chi connectivity index (χ0v) is 15.1. The minimum absolute atomic E-state index is 0.157. The van der Waals surface area contributed by atoms with Gasteiger partial charge in [-0.2, -0.15) is 0 Å². The van der Waals surface area contributed by atoms with E-state index in [1.807, 2.05) is 0 Å². The summed E-state index contributed by atoms with van der Waals surface area (Å²) in [6.45, 7) is 1.92. The molecule has 0 fully saturated rings. The van der Waals surface area contributed by atoms with Crippen LogP contribution in [0.15, 0.2) is 6.07 Å². The summed E-state index contributed by atoms with van der Waals surface area (Å²) in [6.07, 6.45) is -0.0657. The Hall–Kier alpha value is -0.630. The predicted octanol–water partition coefficient (Wildman–Crippen LogP) is 0.923. The molecule has 0 unspecified atom stereocenters. The molecule has 0 amide bonds. The third-order valence-electron chi connectivity index (χ3n) is 2.27. The van der Waals surface area contributed by atoms with Gasteiger partial charge in [0.05, 0.1) is 10.1 Å². The largest absolute Gasteiger partial charge is 0.748 e. The first-order valence-electron chi connectivity index (χ1n) is 5.79. The molecule has 0 heterocycles. The first-order valence-corrected chi connectivity index (χ1v) is 13.5. The molecule has 0 radical (unpaired) electrons. The number of hydrogen-bond donors (Lipinski definition) is 0. The normalized spacial score (nSPS) is 15.3. The average Bonchev–Trinajstić information content (AvgIpc) is 2.20. The van der Waals surface area contributed by atoms with E-state index < -0.39 is 65.5 Å². The molecule has 0 bridgehead atoms. The van der Waals surface area contributed by atoms with Crippen LogP contribution in [-0.2, 0) is 10.1 Å². The van der Waals surface area contributed by atoms with Crippen molar-refractivity contribution in [1.82, 2.24) is 0 Å². The van der Waals surface area contributed by atoms with Crippen molar-refractivity contribution < 1.29 is 55.5 Å². The van der Waals surface area contributed by atoms with Crippen LogP contribution in [0.4, 0.5) is 24.6 Å². The van der Waals surface area contributed by atoms with E-state index in [0.717, 1.165) is 13.8 Å². The fraction of sp³-hybridized carbons (Fsp3) is 0.455. The zero-order chi connectivity index (χ0) is 18.9. The van der Waals surface area contributed by atoms with Crippen molar-refractivity contribution in [3.63, 3.8) is 0 Å². The molecule has 0 spiro atoms. The van der Waals surface area contributed by atoms with Gasteiger partial charge in [0.25, 0.3) is 0 Å². The standard InChI is InChI=1S/C10H11F7I.CH4O3S/c1-3-4-18(14,15,16,17)10-7(11)5-6(2)8(12)9(10)13;1-5(2,3)4/h5H,3-4H2,1-2H3;1H3,(H,2,3,4)/q+1;/p-1. The second kappa shape index (κ2) is 6.02. The van der Waals surface area contributed by atoms with Gasteiger partial charge >= 0.3 is 99.9 Å². The summed E-state index contributed by atoms with van der Waals surface area (Å²) < 4.78 is 117. The molecule has 0 aromatic heterocycles. The van der Waals surface area contributed by atoms with Crippen LogP contribution in [0, 0.1) is 27.9 Å². The van der Waals surface area contributed by atoms with Crippen LogP contribution in [0.5, 0.6) is 0 Å². The van der Waals surface area contributed by atoms with Crippen LogP contribution in [0.2, 0.25) is 0 Å². The van der Waals surface area contributed by atoms with Gasteiger partial charge < -0.3 is 4.55 Å². The van der Waals surface area contributed by atoms with Gasteiger partial charge in [-0.25, -0.2) is 8.42 Å². The van der Waals surface area contributed by atoms with Gasteiger partial charge in [-0.1, -0.05) is 0 Å². The van der Waals surface area contributed by atoms with Crippen LogP contribution in [-0.4, -0.2) is 23.7 Å². The third-order valence-corrected chi connectivity index (χ3v) is 8.90. The van der Waals surface area contributed by atoms with Gasteiger partial charge in [0.15, 0.2) is 0 Å². The molecular weight excluding hydrogens is 472 g/mol. The maximum atomic E-state index is 13.6. The molecule has 0 aliphatic heterocycles. The Morgan fingerprint density at radius 2 is 1.48 bits per heavy atom. The Labute approximate surface area is 129 Å². The van der Waals surface area contributed by atoms with Crippen LogP contribution in [0.1, 0.15) is 18.9 Å². The molecule has 138 valence electrons. The topological polar surface area (TPSA) is 57.2 Å². The van der Waals surface area contributed by atoms with E-state index in [0.29, 0.717) is 6.26 Å². The van der Waals surface area contributed by atoms with Crippen molar-refractivity contribution in [3.05, 3.63) is 32.7 Å². The third kappa shape index (κ3) is 6.41. The van der Waals surface area contributed by atoms with Crippen molar-refractivity contribution in [2.45, 2.75) is 20.3 Å². The quantitative estimate of drug-likeness (QED) is 0.160. The number of rotatable bonds is 3. The second-order valence-electron chi connectivity index (χ2n) is 4.66. The van der Waals surface area contributed by atoms with E-state index >= 15 is 0 Å². The van der Waals surface area contributed by atoms with Gasteiger partial charge in [0.1, 0.15) is 0 Å². The first-order chi connectivity index (χ1) is 9.82. The first kappa shape index (κ1) is 22.4. The summed E-state index contributed by atoms with van der Waals surface area (Å²) in [4.78, 5) is 0. The number of aryl methyl sites for hydroxylation is 1. The molecule has 23 heavy (non-hydrogen) atoms. The molecule has 0 aliphatic rings. The van der Waals surface area contributed by atoms with E-state index in [2.05, 4.69) is 0 Å². The average molecular weight is 486 g/mol. The van der Waals surface area contributed by atoms with E-state index in [9.17, 15) is 24.6 Å². The Balaban J connectivity index is 0.000000841. The fourth-order valence-electron chi connectivity index (χ4n) is 1.55. The summed E-state index contributed by atoms with van der Waals surface area (Å²) in [5.74, 6) is -6.46. The SMILES string of the molecule is CCC[I+](F)(F)(F)(F)c1c(F)cc(C)c(F)c1F.CS(=O)(=O)[O-]. The van der Waals surface area contributed by atoms with E-state index in [1.165, 1.54) is 0 Å².